The number of nitrogens with zero attached hydrogens (tertiary/aromatic N) is 1. The first-order valence-electron chi connectivity index (χ1n) is 6.77. The number of pyridine rings is 1. The van der Waals surface area contributed by atoms with Crippen molar-refractivity contribution in [3.63, 3.8) is 0 Å². The molecule has 5 nitrogen and oxygen atoms in total. The largest absolute Gasteiger partial charge is 0.478 e. The Labute approximate surface area is 117 Å². The second-order valence-corrected chi connectivity index (χ2v) is 5.04. The van der Waals surface area contributed by atoms with E-state index in [0.29, 0.717) is 17.0 Å². The van der Waals surface area contributed by atoms with E-state index in [9.17, 15) is 9.59 Å². The molecule has 1 amide bonds. The average Bonchev–Trinajstić information content (AvgIpc) is 3.15. The normalized spacial score (nSPS) is 20.9. The lowest BCUT2D eigenvalue weighted by atomic mass is 10.2. The van der Waals surface area contributed by atoms with E-state index in [0.717, 1.165) is 25.3 Å². The Morgan fingerprint density at radius 3 is 3.00 bits per heavy atom. The van der Waals surface area contributed by atoms with Crippen LogP contribution in [0.4, 0.5) is 0 Å². The van der Waals surface area contributed by atoms with E-state index < -0.39 is 5.97 Å². The quantitative estimate of drug-likeness (QED) is 0.778. The fraction of sp³-hybridized carbons (Fsp3) is 0.400. The number of hydrogen-bond donors (Lipinski definition) is 2. The first-order chi connectivity index (χ1) is 9.60. The van der Waals surface area contributed by atoms with Crippen LogP contribution >= 0.6 is 0 Å². The third-order valence-electron chi connectivity index (χ3n) is 3.34. The van der Waals surface area contributed by atoms with Crippen LogP contribution in [0.15, 0.2) is 24.5 Å². The molecule has 20 heavy (non-hydrogen) atoms. The molecule has 2 unspecified atom stereocenters. The molecule has 0 spiro atoms. The van der Waals surface area contributed by atoms with Gasteiger partial charge >= 0.3 is 5.97 Å². The van der Waals surface area contributed by atoms with Crippen LogP contribution in [-0.4, -0.2) is 28.0 Å². The summed E-state index contributed by atoms with van der Waals surface area (Å²) < 4.78 is 0. The summed E-state index contributed by atoms with van der Waals surface area (Å²) >= 11 is 0. The lowest BCUT2D eigenvalue weighted by Crippen LogP contribution is -2.27. The molecule has 2 N–H and O–H groups in total. The molecule has 1 fully saturated rings. The summed E-state index contributed by atoms with van der Waals surface area (Å²) in [5.41, 5.74) is 1.06. The summed E-state index contributed by atoms with van der Waals surface area (Å²) in [7, 11) is 0. The number of carboxylic acid groups (broad SMARTS) is 1. The van der Waals surface area contributed by atoms with E-state index in [1.165, 1.54) is 18.5 Å². The zero-order chi connectivity index (χ0) is 14.5. The second-order valence-electron chi connectivity index (χ2n) is 5.04. The summed E-state index contributed by atoms with van der Waals surface area (Å²) in [5.74, 6) is -0.570. The minimum atomic E-state index is -1.03. The first kappa shape index (κ1) is 14.2. The van der Waals surface area contributed by atoms with E-state index in [-0.39, 0.29) is 11.9 Å². The topological polar surface area (TPSA) is 79.3 Å². The van der Waals surface area contributed by atoms with Gasteiger partial charge in [-0.2, -0.15) is 0 Å². The predicted molar refractivity (Wildman–Crippen MR) is 75.2 cm³/mol. The van der Waals surface area contributed by atoms with Crippen molar-refractivity contribution in [1.82, 2.24) is 10.3 Å². The highest BCUT2D eigenvalue weighted by molar-refractivity contribution is 5.95. The molecule has 2 atom stereocenters. The molecular weight excluding hydrogens is 256 g/mol. The summed E-state index contributed by atoms with van der Waals surface area (Å²) in [6, 6.07) is 1.92. The van der Waals surface area contributed by atoms with Crippen molar-refractivity contribution in [1.29, 1.82) is 0 Å². The molecule has 1 saturated carbocycles. The molecule has 0 saturated heterocycles. The number of carbonyl (C=O) groups excluding carboxylic acids is 1. The lowest BCUT2D eigenvalue weighted by molar-refractivity contribution is -0.131. The van der Waals surface area contributed by atoms with Crippen molar-refractivity contribution >= 4 is 18.0 Å². The highest BCUT2D eigenvalue weighted by Gasteiger charge is 2.37. The number of nitrogens with one attached hydrogen (secondary N) is 1. The van der Waals surface area contributed by atoms with Crippen molar-refractivity contribution in [3.8, 4) is 0 Å². The van der Waals surface area contributed by atoms with Crippen molar-refractivity contribution in [2.24, 2.45) is 5.92 Å². The maximum Gasteiger partial charge on any atom is 0.328 e. The van der Waals surface area contributed by atoms with Gasteiger partial charge in [0.15, 0.2) is 0 Å². The molecule has 1 aliphatic carbocycles. The van der Waals surface area contributed by atoms with E-state index >= 15 is 0 Å². The first-order valence-corrected chi connectivity index (χ1v) is 6.77. The number of aliphatic carboxylic acids is 1. The molecule has 2 rings (SSSR count). The summed E-state index contributed by atoms with van der Waals surface area (Å²) in [5, 5.41) is 11.6. The average molecular weight is 274 g/mol. The number of rotatable bonds is 6. The molecule has 0 radical (unpaired) electrons. The van der Waals surface area contributed by atoms with Gasteiger partial charge in [0.25, 0.3) is 5.91 Å². The highest BCUT2D eigenvalue weighted by atomic mass is 16.4. The fourth-order valence-corrected chi connectivity index (χ4v) is 2.21. The minimum absolute atomic E-state index is 0.147. The summed E-state index contributed by atoms with van der Waals surface area (Å²) in [6.07, 6.45) is 8.78. The molecule has 106 valence electrons. The Morgan fingerprint density at radius 2 is 2.30 bits per heavy atom. The van der Waals surface area contributed by atoms with Crippen LogP contribution < -0.4 is 5.32 Å². The van der Waals surface area contributed by atoms with Crippen molar-refractivity contribution in [2.75, 3.05) is 0 Å². The molecule has 5 heteroatoms. The van der Waals surface area contributed by atoms with E-state index in [1.807, 2.05) is 0 Å². The van der Waals surface area contributed by atoms with Gasteiger partial charge in [-0.25, -0.2) is 4.79 Å². The third kappa shape index (κ3) is 3.91. The van der Waals surface area contributed by atoms with Crippen LogP contribution in [0.25, 0.3) is 6.08 Å². The Bertz CT molecular complexity index is 540. The zero-order valence-corrected chi connectivity index (χ0v) is 11.4. The molecule has 1 aliphatic rings. The molecular formula is C15H18N2O3. The van der Waals surface area contributed by atoms with E-state index in [1.54, 1.807) is 6.07 Å². The Kier molecular flexibility index (Phi) is 4.50. The molecule has 0 aromatic carbocycles. The van der Waals surface area contributed by atoms with Gasteiger partial charge in [0.1, 0.15) is 0 Å². The number of carboxylic acids is 1. The molecule has 1 aromatic rings. The predicted octanol–water partition coefficient (Wildman–Crippen LogP) is 2.10. The lowest BCUT2D eigenvalue weighted by Gasteiger charge is -2.04. The van der Waals surface area contributed by atoms with Crippen molar-refractivity contribution in [2.45, 2.75) is 32.2 Å². The van der Waals surface area contributed by atoms with Crippen LogP contribution in [0.3, 0.4) is 0 Å². The van der Waals surface area contributed by atoms with Crippen LogP contribution in [0.2, 0.25) is 0 Å². The van der Waals surface area contributed by atoms with Gasteiger partial charge in [-0.1, -0.05) is 13.3 Å². The number of amides is 1. The van der Waals surface area contributed by atoms with E-state index in [4.69, 9.17) is 5.11 Å². The van der Waals surface area contributed by atoms with Gasteiger partial charge in [-0.3, -0.25) is 9.78 Å². The van der Waals surface area contributed by atoms with Crippen molar-refractivity contribution in [3.05, 3.63) is 35.7 Å². The van der Waals surface area contributed by atoms with E-state index in [2.05, 4.69) is 17.2 Å². The maximum absolute atomic E-state index is 12.0. The Hall–Kier alpha value is -2.17. The van der Waals surface area contributed by atoms with Gasteiger partial charge in [-0.15, -0.1) is 0 Å². The monoisotopic (exact) mass is 274 g/mol. The van der Waals surface area contributed by atoms with Crippen LogP contribution in [0.5, 0.6) is 0 Å². The molecule has 0 aliphatic heterocycles. The third-order valence-corrected chi connectivity index (χ3v) is 3.34. The maximum atomic E-state index is 12.0. The van der Waals surface area contributed by atoms with Crippen LogP contribution in [0, 0.1) is 5.92 Å². The van der Waals surface area contributed by atoms with Crippen molar-refractivity contribution < 1.29 is 14.7 Å². The zero-order valence-electron chi connectivity index (χ0n) is 11.4. The van der Waals surface area contributed by atoms with Gasteiger partial charge in [0.05, 0.1) is 5.56 Å². The molecule has 1 heterocycles. The fourth-order valence-electron chi connectivity index (χ4n) is 2.21. The number of aromatic nitrogens is 1. The molecule has 0 bridgehead atoms. The van der Waals surface area contributed by atoms with Gasteiger partial charge in [0, 0.05) is 24.5 Å². The summed E-state index contributed by atoms with van der Waals surface area (Å²) in [6.45, 7) is 2.14. The summed E-state index contributed by atoms with van der Waals surface area (Å²) in [4.78, 5) is 26.5. The minimum Gasteiger partial charge on any atom is -0.478 e. The van der Waals surface area contributed by atoms with Gasteiger partial charge in [-0.05, 0) is 36.5 Å². The standard InChI is InChI=1S/C15H18N2O3/c1-2-3-11-7-13(11)17-15(20)12-6-10(8-16-9-12)4-5-14(18)19/h4-6,8-9,11,13H,2-3,7H2,1H3,(H,17,20)(H,18,19)/b5-4+. The van der Waals surface area contributed by atoms with Gasteiger partial charge < -0.3 is 10.4 Å². The molecule has 1 aromatic heterocycles. The Morgan fingerprint density at radius 1 is 1.50 bits per heavy atom. The smallest absolute Gasteiger partial charge is 0.328 e. The SMILES string of the molecule is CCCC1CC1NC(=O)c1cncc(/C=C/C(=O)O)c1. The Balaban J connectivity index is 1.96. The number of carbonyl (C=O) groups is 2. The van der Waals surface area contributed by atoms with Gasteiger partial charge in [0.2, 0.25) is 0 Å². The highest BCUT2D eigenvalue weighted by Crippen LogP contribution is 2.34. The second kappa shape index (κ2) is 6.32. The number of hydrogen-bond acceptors (Lipinski definition) is 3. The van der Waals surface area contributed by atoms with Crippen LogP contribution in [0.1, 0.15) is 42.1 Å². The van der Waals surface area contributed by atoms with Crippen LogP contribution in [-0.2, 0) is 4.79 Å².